The van der Waals surface area contributed by atoms with E-state index in [2.05, 4.69) is 20.9 Å². The van der Waals surface area contributed by atoms with E-state index in [4.69, 9.17) is 4.74 Å². The lowest BCUT2D eigenvalue weighted by Crippen LogP contribution is -1.94. The molecule has 2 rings (SSSR count). The summed E-state index contributed by atoms with van der Waals surface area (Å²) < 4.78 is 6.17. The first-order chi connectivity index (χ1) is 9.20. The number of allylic oxidation sites excluding steroid dienone is 1. The molecule has 0 aliphatic heterocycles. The van der Waals surface area contributed by atoms with Crippen molar-refractivity contribution in [3.05, 3.63) is 64.4 Å². The molecule has 0 saturated carbocycles. The summed E-state index contributed by atoms with van der Waals surface area (Å²) in [5, 5.41) is 0. The van der Waals surface area contributed by atoms with Gasteiger partial charge in [-0.15, -0.1) is 0 Å². The maximum Gasteiger partial charge on any atom is 0.187 e. The maximum atomic E-state index is 11.9. The van der Waals surface area contributed by atoms with E-state index in [-0.39, 0.29) is 5.78 Å². The summed E-state index contributed by atoms with van der Waals surface area (Å²) in [6.07, 6.45) is 6.43. The summed E-state index contributed by atoms with van der Waals surface area (Å²) >= 11 is 3.39. The van der Waals surface area contributed by atoms with Gasteiger partial charge in [-0.05, 0) is 42.5 Å². The highest BCUT2D eigenvalue weighted by atomic mass is 79.9. The van der Waals surface area contributed by atoms with Gasteiger partial charge in [0.05, 0.1) is 7.11 Å². The molecule has 0 N–H and O–H groups in total. The van der Waals surface area contributed by atoms with E-state index in [0.717, 1.165) is 15.8 Å². The lowest BCUT2D eigenvalue weighted by molar-refractivity contribution is 0.104. The van der Waals surface area contributed by atoms with Crippen molar-refractivity contribution in [1.29, 1.82) is 0 Å². The minimum Gasteiger partial charge on any atom is -0.496 e. The quantitative estimate of drug-likeness (QED) is 0.637. The third kappa shape index (κ3) is 3.51. The minimum atomic E-state index is -0.0878. The van der Waals surface area contributed by atoms with Crippen LogP contribution in [0.15, 0.2) is 53.3 Å². The molecular formula is C15H12BrNO2. The minimum absolute atomic E-state index is 0.0878. The summed E-state index contributed by atoms with van der Waals surface area (Å²) in [4.78, 5) is 15.8. The molecule has 0 atom stereocenters. The fourth-order valence-electron chi connectivity index (χ4n) is 1.61. The van der Waals surface area contributed by atoms with E-state index >= 15 is 0 Å². The first-order valence-electron chi connectivity index (χ1n) is 5.66. The van der Waals surface area contributed by atoms with Gasteiger partial charge < -0.3 is 4.74 Å². The molecule has 0 saturated heterocycles. The SMILES string of the molecule is COc1ccc(Br)cc1C=CC(=O)c1cccnc1. The highest BCUT2D eigenvalue weighted by Gasteiger charge is 2.03. The normalized spacial score (nSPS) is 10.6. The summed E-state index contributed by atoms with van der Waals surface area (Å²) in [7, 11) is 1.60. The number of halogens is 1. The third-order valence-electron chi connectivity index (χ3n) is 2.55. The number of nitrogens with zero attached hydrogens (tertiary/aromatic N) is 1. The van der Waals surface area contributed by atoms with Gasteiger partial charge >= 0.3 is 0 Å². The second-order valence-electron chi connectivity index (χ2n) is 3.83. The van der Waals surface area contributed by atoms with Gasteiger partial charge in [0.2, 0.25) is 0 Å². The van der Waals surface area contributed by atoms with Crippen LogP contribution in [-0.2, 0) is 0 Å². The Kier molecular flexibility index (Phi) is 4.47. The van der Waals surface area contributed by atoms with Crippen LogP contribution in [0.4, 0.5) is 0 Å². The molecule has 0 amide bonds. The Morgan fingerprint density at radius 3 is 2.89 bits per heavy atom. The number of carbonyl (C=O) groups is 1. The van der Waals surface area contributed by atoms with E-state index < -0.39 is 0 Å². The van der Waals surface area contributed by atoms with Gasteiger partial charge in [-0.1, -0.05) is 15.9 Å². The number of ketones is 1. The van der Waals surface area contributed by atoms with Gasteiger partial charge in [0, 0.05) is 28.0 Å². The van der Waals surface area contributed by atoms with Crippen LogP contribution in [0.3, 0.4) is 0 Å². The summed E-state index contributed by atoms with van der Waals surface area (Å²) in [5.41, 5.74) is 1.40. The Hall–Kier alpha value is -1.94. The van der Waals surface area contributed by atoms with Gasteiger partial charge in [0.25, 0.3) is 0 Å². The summed E-state index contributed by atoms with van der Waals surface area (Å²) in [6.45, 7) is 0. The highest BCUT2D eigenvalue weighted by Crippen LogP contribution is 2.24. The van der Waals surface area contributed by atoms with Crippen LogP contribution in [0.2, 0.25) is 0 Å². The van der Waals surface area contributed by atoms with E-state index in [0.29, 0.717) is 5.56 Å². The van der Waals surface area contributed by atoms with Crippen molar-refractivity contribution < 1.29 is 9.53 Å². The molecule has 3 nitrogen and oxygen atoms in total. The fraction of sp³-hybridized carbons (Fsp3) is 0.0667. The molecule has 0 bridgehead atoms. The number of benzene rings is 1. The van der Waals surface area contributed by atoms with Crippen molar-refractivity contribution in [3.8, 4) is 5.75 Å². The molecule has 2 aromatic rings. The van der Waals surface area contributed by atoms with Crippen LogP contribution in [-0.4, -0.2) is 17.9 Å². The third-order valence-corrected chi connectivity index (χ3v) is 3.05. The number of rotatable bonds is 4. The Morgan fingerprint density at radius 1 is 1.37 bits per heavy atom. The maximum absolute atomic E-state index is 11.9. The number of hydrogen-bond acceptors (Lipinski definition) is 3. The zero-order valence-electron chi connectivity index (χ0n) is 10.3. The van der Waals surface area contributed by atoms with Gasteiger partial charge in [-0.3, -0.25) is 9.78 Å². The van der Waals surface area contributed by atoms with Crippen LogP contribution in [0.25, 0.3) is 6.08 Å². The predicted molar refractivity (Wildman–Crippen MR) is 78.3 cm³/mol. The summed E-state index contributed by atoms with van der Waals surface area (Å²) in [6, 6.07) is 9.10. The molecule has 19 heavy (non-hydrogen) atoms. The van der Waals surface area contributed by atoms with Crippen molar-refractivity contribution in [1.82, 2.24) is 4.98 Å². The van der Waals surface area contributed by atoms with Gasteiger partial charge in [-0.25, -0.2) is 0 Å². The Morgan fingerprint density at radius 2 is 2.21 bits per heavy atom. The lowest BCUT2D eigenvalue weighted by Gasteiger charge is -2.04. The zero-order chi connectivity index (χ0) is 13.7. The number of carbonyl (C=O) groups excluding carboxylic acids is 1. The Bertz CT molecular complexity index is 609. The smallest absolute Gasteiger partial charge is 0.187 e. The zero-order valence-corrected chi connectivity index (χ0v) is 11.9. The average Bonchev–Trinajstić information content (AvgIpc) is 2.46. The number of ether oxygens (including phenoxy) is 1. The van der Waals surface area contributed by atoms with Crippen LogP contribution in [0.5, 0.6) is 5.75 Å². The molecule has 0 unspecified atom stereocenters. The van der Waals surface area contributed by atoms with E-state index in [1.807, 2.05) is 18.2 Å². The van der Waals surface area contributed by atoms with Crippen LogP contribution in [0, 0.1) is 0 Å². The number of hydrogen-bond donors (Lipinski definition) is 0. The average molecular weight is 318 g/mol. The molecule has 0 radical (unpaired) electrons. The molecule has 96 valence electrons. The molecule has 1 aromatic heterocycles. The lowest BCUT2D eigenvalue weighted by atomic mass is 10.1. The van der Waals surface area contributed by atoms with Crippen LogP contribution >= 0.6 is 15.9 Å². The van der Waals surface area contributed by atoms with E-state index in [1.54, 1.807) is 37.7 Å². The van der Waals surface area contributed by atoms with Gasteiger partial charge in [-0.2, -0.15) is 0 Å². The molecule has 0 aliphatic rings. The van der Waals surface area contributed by atoms with E-state index in [1.165, 1.54) is 6.08 Å². The largest absolute Gasteiger partial charge is 0.496 e. The Balaban J connectivity index is 2.23. The second kappa shape index (κ2) is 6.29. The molecule has 0 aliphatic carbocycles. The topological polar surface area (TPSA) is 39.2 Å². The number of methoxy groups -OCH3 is 1. The summed E-state index contributed by atoms with van der Waals surface area (Å²) in [5.74, 6) is 0.633. The van der Waals surface area contributed by atoms with Crippen molar-refractivity contribution >= 4 is 27.8 Å². The molecule has 0 spiro atoms. The van der Waals surface area contributed by atoms with Crippen molar-refractivity contribution in [2.75, 3.05) is 7.11 Å². The first-order valence-corrected chi connectivity index (χ1v) is 6.46. The van der Waals surface area contributed by atoms with Crippen LogP contribution in [0.1, 0.15) is 15.9 Å². The fourth-order valence-corrected chi connectivity index (χ4v) is 1.98. The molecule has 4 heteroatoms. The monoisotopic (exact) mass is 317 g/mol. The standard InChI is InChI=1S/C15H12BrNO2/c1-19-15-7-5-13(16)9-11(15)4-6-14(18)12-3-2-8-17-10-12/h2-10H,1H3. The number of aromatic nitrogens is 1. The Labute approximate surface area is 120 Å². The van der Waals surface area contributed by atoms with Gasteiger partial charge in [0.1, 0.15) is 5.75 Å². The second-order valence-corrected chi connectivity index (χ2v) is 4.74. The molecule has 1 heterocycles. The highest BCUT2D eigenvalue weighted by molar-refractivity contribution is 9.10. The van der Waals surface area contributed by atoms with Crippen LogP contribution < -0.4 is 4.74 Å². The van der Waals surface area contributed by atoms with Crippen molar-refractivity contribution in [2.45, 2.75) is 0 Å². The first kappa shape index (κ1) is 13.5. The van der Waals surface area contributed by atoms with E-state index in [9.17, 15) is 4.79 Å². The van der Waals surface area contributed by atoms with Gasteiger partial charge in [0.15, 0.2) is 5.78 Å². The predicted octanol–water partition coefficient (Wildman–Crippen LogP) is 3.75. The molecular weight excluding hydrogens is 306 g/mol. The van der Waals surface area contributed by atoms with Crippen molar-refractivity contribution in [2.24, 2.45) is 0 Å². The van der Waals surface area contributed by atoms with Crippen molar-refractivity contribution in [3.63, 3.8) is 0 Å². The molecule has 0 fully saturated rings. The molecule has 1 aromatic carbocycles. The number of pyridine rings is 1.